The minimum Gasteiger partial charge on any atom is -0.330 e. The van der Waals surface area contributed by atoms with Gasteiger partial charge in [0.15, 0.2) is 0 Å². The molecule has 0 aromatic heterocycles. The molecule has 0 aromatic rings. The van der Waals surface area contributed by atoms with Gasteiger partial charge >= 0.3 is 6.30 Å². The Balaban J connectivity index is 3.52. The fourth-order valence-corrected chi connectivity index (χ4v) is 0.455. The lowest BCUT2D eigenvalue weighted by atomic mass is 10.4. The summed E-state index contributed by atoms with van der Waals surface area (Å²) in [5.41, 5.74) is 5.03. The molecule has 0 aliphatic heterocycles. The van der Waals surface area contributed by atoms with Crippen LogP contribution in [0.3, 0.4) is 0 Å². The summed E-state index contributed by atoms with van der Waals surface area (Å²) in [6.07, 6.45) is -3.84. The second-order valence-corrected chi connectivity index (χ2v) is 2.03. The summed E-state index contributed by atoms with van der Waals surface area (Å²) in [6.45, 7) is 0.264. The topological polar surface area (TPSA) is 29.3 Å². The summed E-state index contributed by atoms with van der Waals surface area (Å²) in [4.78, 5) is 0.319. The number of rotatable bonds is 3. The number of halogens is 3. The van der Waals surface area contributed by atoms with Crippen molar-refractivity contribution in [2.75, 3.05) is 20.1 Å². The van der Waals surface area contributed by atoms with Crippen molar-refractivity contribution in [3.05, 3.63) is 0 Å². The molecule has 0 radical (unpaired) electrons. The van der Waals surface area contributed by atoms with Gasteiger partial charge in [-0.05, 0) is 20.0 Å². The Labute approximate surface area is 57.8 Å². The van der Waals surface area contributed by atoms with Gasteiger partial charge in [0.25, 0.3) is 0 Å². The first-order chi connectivity index (χ1) is 4.48. The van der Waals surface area contributed by atoms with Crippen LogP contribution in [0.15, 0.2) is 0 Å². The van der Waals surface area contributed by atoms with Crippen LogP contribution in [0.2, 0.25) is 0 Å². The van der Waals surface area contributed by atoms with E-state index >= 15 is 0 Å². The molecule has 5 heteroatoms. The summed E-state index contributed by atoms with van der Waals surface area (Å²) < 4.78 is 35.0. The maximum Gasteiger partial charge on any atom is 0.459 e. The number of nitrogens with two attached hydrogens (primary N) is 1. The first-order valence-corrected chi connectivity index (χ1v) is 2.96. The van der Waals surface area contributed by atoms with E-state index in [1.165, 1.54) is 0 Å². The summed E-state index contributed by atoms with van der Waals surface area (Å²) in [5, 5.41) is 0. The quantitative estimate of drug-likeness (QED) is 0.612. The first-order valence-electron chi connectivity index (χ1n) is 2.96. The zero-order valence-electron chi connectivity index (χ0n) is 5.78. The van der Waals surface area contributed by atoms with E-state index in [0.717, 1.165) is 7.05 Å². The molecule has 0 aliphatic carbocycles. The van der Waals surface area contributed by atoms with E-state index in [1.807, 2.05) is 0 Å². The van der Waals surface area contributed by atoms with Gasteiger partial charge in [-0.25, -0.2) is 4.90 Å². The average molecular weight is 156 g/mol. The predicted molar refractivity (Wildman–Crippen MR) is 32.4 cm³/mol. The number of alkyl halides is 3. The molecule has 0 aliphatic rings. The summed E-state index contributed by atoms with van der Waals surface area (Å²) in [5.74, 6) is 0. The van der Waals surface area contributed by atoms with Crippen molar-refractivity contribution in [1.29, 1.82) is 0 Å². The maximum absolute atomic E-state index is 11.7. The number of nitrogens with zero attached hydrogens (tertiary/aromatic N) is 1. The molecule has 0 rings (SSSR count). The van der Waals surface area contributed by atoms with Gasteiger partial charge in [0.05, 0.1) is 0 Å². The first kappa shape index (κ1) is 9.71. The smallest absolute Gasteiger partial charge is 0.330 e. The largest absolute Gasteiger partial charge is 0.459 e. The van der Waals surface area contributed by atoms with Crippen molar-refractivity contribution in [2.24, 2.45) is 5.73 Å². The highest BCUT2D eigenvalue weighted by molar-refractivity contribution is 4.53. The monoisotopic (exact) mass is 156 g/mol. The van der Waals surface area contributed by atoms with E-state index in [-0.39, 0.29) is 6.54 Å². The molecular formula is C5H11F3N2. The van der Waals surface area contributed by atoms with Gasteiger partial charge in [-0.2, -0.15) is 13.2 Å². The van der Waals surface area contributed by atoms with Crippen LogP contribution in [-0.4, -0.2) is 31.3 Å². The Hall–Kier alpha value is -0.290. The van der Waals surface area contributed by atoms with Crippen LogP contribution in [0.5, 0.6) is 0 Å². The molecule has 0 atom stereocenters. The lowest BCUT2D eigenvalue weighted by Gasteiger charge is -2.18. The standard InChI is InChI=1S/C5H11F3N2/c1-10(4-2-3-9)5(6,7)8/h2-4,9H2,1H3. The van der Waals surface area contributed by atoms with Crippen molar-refractivity contribution < 1.29 is 13.2 Å². The molecule has 2 N–H and O–H groups in total. The Kier molecular flexibility index (Phi) is 3.67. The SMILES string of the molecule is CN(CCCN)C(F)(F)F. The van der Waals surface area contributed by atoms with Crippen LogP contribution >= 0.6 is 0 Å². The van der Waals surface area contributed by atoms with E-state index in [2.05, 4.69) is 0 Å². The Morgan fingerprint density at radius 3 is 2.20 bits per heavy atom. The second-order valence-electron chi connectivity index (χ2n) is 2.03. The Bertz CT molecular complexity index is 91.4. The molecule has 0 heterocycles. The minimum atomic E-state index is -4.21. The number of hydrogen-bond acceptors (Lipinski definition) is 2. The molecule has 0 fully saturated rings. The fraction of sp³-hybridized carbons (Fsp3) is 1.00. The molecule has 0 unspecified atom stereocenters. The Morgan fingerprint density at radius 2 is 1.90 bits per heavy atom. The summed E-state index contributed by atoms with van der Waals surface area (Å²) in [7, 11) is 1.01. The van der Waals surface area contributed by atoms with Gasteiger partial charge in [0.1, 0.15) is 0 Å². The van der Waals surface area contributed by atoms with Crippen LogP contribution in [-0.2, 0) is 0 Å². The van der Waals surface area contributed by atoms with E-state index in [9.17, 15) is 13.2 Å². The normalized spacial score (nSPS) is 12.6. The third kappa shape index (κ3) is 3.68. The van der Waals surface area contributed by atoms with Gasteiger partial charge in [-0.1, -0.05) is 0 Å². The maximum atomic E-state index is 11.7. The second kappa shape index (κ2) is 3.78. The van der Waals surface area contributed by atoms with Crippen LogP contribution in [0.4, 0.5) is 13.2 Å². The lowest BCUT2D eigenvalue weighted by molar-refractivity contribution is -0.236. The van der Waals surface area contributed by atoms with Crippen LogP contribution < -0.4 is 5.73 Å². The van der Waals surface area contributed by atoms with Crippen molar-refractivity contribution in [3.63, 3.8) is 0 Å². The van der Waals surface area contributed by atoms with Crippen LogP contribution in [0.1, 0.15) is 6.42 Å². The van der Waals surface area contributed by atoms with Crippen molar-refractivity contribution in [1.82, 2.24) is 4.90 Å². The third-order valence-electron chi connectivity index (χ3n) is 1.13. The van der Waals surface area contributed by atoms with Crippen molar-refractivity contribution in [3.8, 4) is 0 Å². The lowest BCUT2D eigenvalue weighted by Crippen LogP contribution is -2.35. The summed E-state index contributed by atoms with van der Waals surface area (Å²) >= 11 is 0. The van der Waals surface area contributed by atoms with Gasteiger partial charge in [0, 0.05) is 6.54 Å². The van der Waals surface area contributed by atoms with E-state index in [0.29, 0.717) is 17.9 Å². The molecule has 0 amide bonds. The summed E-state index contributed by atoms with van der Waals surface area (Å²) in [6, 6.07) is 0. The highest BCUT2D eigenvalue weighted by atomic mass is 19.4. The van der Waals surface area contributed by atoms with Crippen LogP contribution in [0.25, 0.3) is 0 Å². The molecule has 0 aromatic carbocycles. The van der Waals surface area contributed by atoms with E-state index < -0.39 is 6.30 Å². The molecular weight excluding hydrogens is 145 g/mol. The van der Waals surface area contributed by atoms with E-state index in [4.69, 9.17) is 5.73 Å². The highest BCUT2D eigenvalue weighted by Gasteiger charge is 2.32. The molecule has 2 nitrogen and oxygen atoms in total. The molecule has 62 valence electrons. The number of hydrogen-bond donors (Lipinski definition) is 1. The van der Waals surface area contributed by atoms with Crippen molar-refractivity contribution >= 4 is 0 Å². The van der Waals surface area contributed by atoms with Gasteiger partial charge in [-0.15, -0.1) is 0 Å². The zero-order valence-corrected chi connectivity index (χ0v) is 5.78. The van der Waals surface area contributed by atoms with Gasteiger partial charge < -0.3 is 5.73 Å². The highest BCUT2D eigenvalue weighted by Crippen LogP contribution is 2.18. The van der Waals surface area contributed by atoms with E-state index in [1.54, 1.807) is 0 Å². The predicted octanol–water partition coefficient (Wildman–Crippen LogP) is 0.787. The molecule has 0 saturated carbocycles. The van der Waals surface area contributed by atoms with Gasteiger partial charge in [0.2, 0.25) is 0 Å². The molecule has 0 saturated heterocycles. The molecule has 0 spiro atoms. The molecule has 10 heavy (non-hydrogen) atoms. The molecule has 0 bridgehead atoms. The van der Waals surface area contributed by atoms with Crippen LogP contribution in [0, 0.1) is 0 Å². The Morgan fingerprint density at radius 1 is 1.40 bits per heavy atom. The third-order valence-corrected chi connectivity index (χ3v) is 1.13. The minimum absolute atomic E-state index is 0.0278. The van der Waals surface area contributed by atoms with Gasteiger partial charge in [-0.3, -0.25) is 0 Å². The zero-order chi connectivity index (χ0) is 8.20. The average Bonchev–Trinajstić information content (AvgIpc) is 1.80. The fourth-order valence-electron chi connectivity index (χ4n) is 0.455. The van der Waals surface area contributed by atoms with Crippen molar-refractivity contribution in [2.45, 2.75) is 12.7 Å².